The number of furan rings is 1. The van der Waals surface area contributed by atoms with E-state index in [1.807, 2.05) is 127 Å². The molecule has 0 saturated carbocycles. The van der Waals surface area contributed by atoms with Crippen LogP contribution in [0.5, 0.6) is 0 Å². The Kier molecular flexibility index (Phi) is 9.02. The Morgan fingerprint density at radius 3 is 1.16 bits per heavy atom. The minimum absolute atomic E-state index is 0.515. The maximum absolute atomic E-state index is 6.73. The highest BCUT2D eigenvalue weighted by atomic mass is 16.3. The predicted octanol–water partition coefficient (Wildman–Crippen LogP) is 13.3. The van der Waals surface area contributed by atoms with Gasteiger partial charge in [0.2, 0.25) is 0 Å². The highest BCUT2D eigenvalue weighted by molar-refractivity contribution is 6.10. The summed E-state index contributed by atoms with van der Waals surface area (Å²) < 4.78 is 6.73. The van der Waals surface area contributed by atoms with Gasteiger partial charge in [-0.3, -0.25) is 0 Å². The van der Waals surface area contributed by atoms with Crippen molar-refractivity contribution >= 4 is 21.9 Å². The standard InChI is InChI=1S/C54H34N6O/c1-6-17-35(18-7-1)43-27-16-28-45-44-32-29-40(34-47(44)61-48(43)45)42-31-30-41(53-57-49(36-19-8-2-9-20-36)55-50(58-53)37-21-10-3-11-22-37)33-46(42)54-59-51(38-23-12-4-13-24-38)56-52(60-54)39-25-14-5-15-26-39/h1-34H. The average Bonchev–Trinajstić information content (AvgIpc) is 3.73. The fraction of sp³-hybridized carbons (Fsp3) is 0. The summed E-state index contributed by atoms with van der Waals surface area (Å²) in [5.41, 5.74) is 10.8. The zero-order valence-corrected chi connectivity index (χ0v) is 32.7. The molecule has 61 heavy (non-hydrogen) atoms. The van der Waals surface area contributed by atoms with Crippen LogP contribution in [0.3, 0.4) is 0 Å². The highest BCUT2D eigenvalue weighted by Crippen LogP contribution is 2.40. The number of para-hydroxylation sites is 1. The molecule has 3 heterocycles. The molecule has 0 fully saturated rings. The van der Waals surface area contributed by atoms with E-state index in [1.54, 1.807) is 0 Å². The molecule has 0 atom stereocenters. The number of rotatable bonds is 8. The van der Waals surface area contributed by atoms with Crippen molar-refractivity contribution in [3.8, 4) is 90.6 Å². The van der Waals surface area contributed by atoms with E-state index in [9.17, 15) is 0 Å². The molecule has 0 unspecified atom stereocenters. The van der Waals surface area contributed by atoms with E-state index in [-0.39, 0.29) is 0 Å². The van der Waals surface area contributed by atoms with Crippen LogP contribution in [0.25, 0.3) is 113 Å². The van der Waals surface area contributed by atoms with Crippen LogP contribution < -0.4 is 0 Å². The SMILES string of the molecule is c1ccc(-c2nc(-c3ccccc3)nc(-c3ccc(-c4ccc5c(c4)oc4c(-c6ccccc6)cccc45)c(-c4nc(-c5ccccc5)nc(-c5ccccc5)n4)c3)n2)cc1. The minimum Gasteiger partial charge on any atom is -0.455 e. The fourth-order valence-corrected chi connectivity index (χ4v) is 7.80. The quantitative estimate of drug-likeness (QED) is 0.152. The van der Waals surface area contributed by atoms with Gasteiger partial charge < -0.3 is 4.42 Å². The molecule has 0 radical (unpaired) electrons. The Balaban J connectivity index is 1.14. The number of aromatic nitrogens is 6. The first-order valence-electron chi connectivity index (χ1n) is 20.1. The number of benzene rings is 8. The second-order valence-electron chi connectivity index (χ2n) is 14.7. The van der Waals surface area contributed by atoms with Gasteiger partial charge in [-0.15, -0.1) is 0 Å². The molecule has 0 bridgehead atoms. The number of hydrogen-bond acceptors (Lipinski definition) is 7. The molecule has 0 aliphatic rings. The molecule has 0 amide bonds. The molecule has 0 saturated heterocycles. The van der Waals surface area contributed by atoms with Crippen LogP contribution in [-0.2, 0) is 0 Å². The van der Waals surface area contributed by atoms with Crippen LogP contribution >= 0.6 is 0 Å². The third-order valence-electron chi connectivity index (χ3n) is 10.8. The predicted molar refractivity (Wildman–Crippen MR) is 244 cm³/mol. The van der Waals surface area contributed by atoms with Gasteiger partial charge in [0.05, 0.1) is 0 Å². The fourth-order valence-electron chi connectivity index (χ4n) is 7.80. The van der Waals surface area contributed by atoms with E-state index in [0.29, 0.717) is 34.9 Å². The van der Waals surface area contributed by atoms with Gasteiger partial charge in [-0.25, -0.2) is 29.9 Å². The van der Waals surface area contributed by atoms with E-state index in [2.05, 4.69) is 78.9 Å². The van der Waals surface area contributed by atoms with Crippen LogP contribution in [0.1, 0.15) is 0 Å². The maximum atomic E-state index is 6.73. The topological polar surface area (TPSA) is 90.5 Å². The molecular formula is C54H34N6O. The molecule has 7 heteroatoms. The lowest BCUT2D eigenvalue weighted by molar-refractivity contribution is 0.670. The van der Waals surface area contributed by atoms with Crippen LogP contribution in [-0.4, -0.2) is 29.9 Å². The van der Waals surface area contributed by atoms with Gasteiger partial charge >= 0.3 is 0 Å². The van der Waals surface area contributed by atoms with Crippen molar-refractivity contribution in [1.29, 1.82) is 0 Å². The Morgan fingerprint density at radius 1 is 0.246 bits per heavy atom. The summed E-state index contributed by atoms with van der Waals surface area (Å²) in [6.45, 7) is 0. The normalized spacial score (nSPS) is 11.3. The van der Waals surface area contributed by atoms with Crippen LogP contribution in [0.4, 0.5) is 0 Å². The largest absolute Gasteiger partial charge is 0.455 e. The number of nitrogens with zero attached hydrogens (tertiary/aromatic N) is 6. The Morgan fingerprint density at radius 2 is 0.672 bits per heavy atom. The molecule has 7 nitrogen and oxygen atoms in total. The van der Waals surface area contributed by atoms with Crippen molar-refractivity contribution in [2.75, 3.05) is 0 Å². The van der Waals surface area contributed by atoms with E-state index >= 15 is 0 Å². The van der Waals surface area contributed by atoms with Crippen molar-refractivity contribution in [2.24, 2.45) is 0 Å². The molecule has 0 aliphatic heterocycles. The van der Waals surface area contributed by atoms with E-state index < -0.39 is 0 Å². The lowest BCUT2D eigenvalue weighted by atomic mass is 9.95. The lowest BCUT2D eigenvalue weighted by Gasteiger charge is -2.14. The molecule has 286 valence electrons. The first-order valence-corrected chi connectivity index (χ1v) is 20.1. The van der Waals surface area contributed by atoms with Crippen molar-refractivity contribution in [2.45, 2.75) is 0 Å². The Bertz CT molecular complexity index is 3220. The average molecular weight is 783 g/mol. The summed E-state index contributed by atoms with van der Waals surface area (Å²) in [5.74, 6) is 3.35. The lowest BCUT2D eigenvalue weighted by Crippen LogP contribution is -2.02. The molecule has 3 aromatic heterocycles. The summed E-state index contributed by atoms with van der Waals surface area (Å²) in [6.07, 6.45) is 0. The summed E-state index contributed by atoms with van der Waals surface area (Å²) >= 11 is 0. The van der Waals surface area contributed by atoms with Gasteiger partial charge in [-0.05, 0) is 34.9 Å². The molecule has 11 aromatic rings. The molecule has 8 aromatic carbocycles. The summed E-state index contributed by atoms with van der Waals surface area (Å²) in [5, 5.41) is 2.11. The van der Waals surface area contributed by atoms with E-state index in [4.69, 9.17) is 34.3 Å². The van der Waals surface area contributed by atoms with Crippen molar-refractivity contribution in [1.82, 2.24) is 29.9 Å². The Hall–Kier alpha value is -8.42. The number of fused-ring (bicyclic) bond motifs is 3. The maximum Gasteiger partial charge on any atom is 0.164 e. The van der Waals surface area contributed by atoms with E-state index in [0.717, 1.165) is 77.6 Å². The molecule has 0 spiro atoms. The van der Waals surface area contributed by atoms with Gasteiger partial charge in [0.1, 0.15) is 11.2 Å². The van der Waals surface area contributed by atoms with Crippen molar-refractivity contribution in [3.05, 3.63) is 206 Å². The number of hydrogen-bond donors (Lipinski definition) is 0. The second-order valence-corrected chi connectivity index (χ2v) is 14.7. The van der Waals surface area contributed by atoms with Crippen LogP contribution in [0.15, 0.2) is 211 Å². The molecule has 0 aliphatic carbocycles. The first-order chi connectivity index (χ1) is 30.2. The van der Waals surface area contributed by atoms with Crippen LogP contribution in [0, 0.1) is 0 Å². The van der Waals surface area contributed by atoms with Gasteiger partial charge in [-0.1, -0.05) is 188 Å². The van der Waals surface area contributed by atoms with E-state index in [1.165, 1.54) is 0 Å². The zero-order chi connectivity index (χ0) is 40.5. The third-order valence-corrected chi connectivity index (χ3v) is 10.8. The molecular weight excluding hydrogens is 749 g/mol. The van der Waals surface area contributed by atoms with Gasteiger partial charge in [0.15, 0.2) is 34.9 Å². The van der Waals surface area contributed by atoms with Gasteiger partial charge in [-0.2, -0.15) is 0 Å². The summed E-state index contributed by atoms with van der Waals surface area (Å²) in [7, 11) is 0. The summed E-state index contributed by atoms with van der Waals surface area (Å²) in [6, 6.07) is 69.4. The zero-order valence-electron chi connectivity index (χ0n) is 32.7. The third kappa shape index (κ3) is 6.90. The first kappa shape index (κ1) is 35.7. The monoisotopic (exact) mass is 782 g/mol. The Labute approximate surface area is 351 Å². The smallest absolute Gasteiger partial charge is 0.164 e. The summed E-state index contributed by atoms with van der Waals surface area (Å²) in [4.78, 5) is 30.5. The van der Waals surface area contributed by atoms with Gasteiger partial charge in [0, 0.05) is 49.7 Å². The highest BCUT2D eigenvalue weighted by Gasteiger charge is 2.21. The second kappa shape index (κ2) is 15.4. The molecule has 11 rings (SSSR count). The van der Waals surface area contributed by atoms with Crippen LogP contribution in [0.2, 0.25) is 0 Å². The van der Waals surface area contributed by atoms with Crippen molar-refractivity contribution < 1.29 is 4.42 Å². The van der Waals surface area contributed by atoms with Crippen molar-refractivity contribution in [3.63, 3.8) is 0 Å². The van der Waals surface area contributed by atoms with Gasteiger partial charge in [0.25, 0.3) is 0 Å². The minimum atomic E-state index is 0.515. The molecule has 0 N–H and O–H groups in total.